The van der Waals surface area contributed by atoms with E-state index in [0.29, 0.717) is 4.90 Å². The molecule has 1 unspecified atom stereocenters. The summed E-state index contributed by atoms with van der Waals surface area (Å²) in [5.41, 5.74) is 2.51. The number of hydrogen-bond acceptors (Lipinski definition) is 2. The number of fused-ring (bicyclic) bond motifs is 1. The van der Waals surface area contributed by atoms with Gasteiger partial charge in [-0.15, -0.1) is 0 Å². The van der Waals surface area contributed by atoms with E-state index in [4.69, 9.17) is 0 Å². The van der Waals surface area contributed by atoms with E-state index in [1.54, 1.807) is 24.3 Å². The lowest BCUT2D eigenvalue weighted by Crippen LogP contribution is -2.13. The fourth-order valence-electron chi connectivity index (χ4n) is 2.81. The van der Waals surface area contributed by atoms with Crippen LogP contribution >= 0.6 is 0 Å². The number of benzene rings is 2. The Morgan fingerprint density at radius 3 is 2.42 bits per heavy atom. The molecular formula is C16H16O2S. The highest BCUT2D eigenvalue weighted by molar-refractivity contribution is 7.91. The summed E-state index contributed by atoms with van der Waals surface area (Å²) in [5, 5.41) is 0. The molecule has 0 spiro atoms. The lowest BCUT2D eigenvalue weighted by molar-refractivity contribution is 0.586. The van der Waals surface area contributed by atoms with Crippen LogP contribution in [0.25, 0.3) is 0 Å². The van der Waals surface area contributed by atoms with Gasteiger partial charge in [0.25, 0.3) is 0 Å². The summed E-state index contributed by atoms with van der Waals surface area (Å²) in [5.74, 6) is 0.356. The lowest BCUT2D eigenvalue weighted by atomic mass is 10.0. The monoisotopic (exact) mass is 272 g/mol. The van der Waals surface area contributed by atoms with Gasteiger partial charge < -0.3 is 0 Å². The van der Waals surface area contributed by atoms with Crippen molar-refractivity contribution in [2.24, 2.45) is 0 Å². The van der Waals surface area contributed by atoms with Crippen LogP contribution in [0.2, 0.25) is 0 Å². The predicted molar refractivity (Wildman–Crippen MR) is 76.0 cm³/mol. The minimum atomic E-state index is -3.19. The predicted octanol–water partition coefficient (Wildman–Crippen LogP) is 3.19. The van der Waals surface area contributed by atoms with E-state index >= 15 is 0 Å². The molecule has 0 aliphatic heterocycles. The average Bonchev–Trinajstić information content (AvgIpc) is 2.83. The maximum absolute atomic E-state index is 12.4. The molecule has 0 aromatic heterocycles. The molecule has 19 heavy (non-hydrogen) atoms. The van der Waals surface area contributed by atoms with Crippen molar-refractivity contribution >= 4 is 9.84 Å². The number of hydrogen-bond donors (Lipinski definition) is 0. The van der Waals surface area contributed by atoms with E-state index in [-0.39, 0.29) is 11.7 Å². The SMILES string of the molecule is O=S(=O)(CC1CCc2ccccc21)c1ccccc1. The van der Waals surface area contributed by atoms with Crippen LogP contribution in [-0.2, 0) is 16.3 Å². The van der Waals surface area contributed by atoms with E-state index in [2.05, 4.69) is 12.1 Å². The van der Waals surface area contributed by atoms with Gasteiger partial charge >= 0.3 is 0 Å². The first-order valence-electron chi connectivity index (χ1n) is 6.52. The minimum absolute atomic E-state index is 0.140. The van der Waals surface area contributed by atoms with Crippen molar-refractivity contribution in [3.05, 3.63) is 65.7 Å². The van der Waals surface area contributed by atoms with Gasteiger partial charge in [0.15, 0.2) is 9.84 Å². The van der Waals surface area contributed by atoms with Crippen molar-refractivity contribution in [3.63, 3.8) is 0 Å². The molecule has 3 heteroatoms. The summed E-state index contributed by atoms with van der Waals surface area (Å²) in [4.78, 5) is 0.430. The summed E-state index contributed by atoms with van der Waals surface area (Å²) in [7, 11) is -3.19. The molecule has 0 fully saturated rings. The van der Waals surface area contributed by atoms with Crippen molar-refractivity contribution in [1.29, 1.82) is 0 Å². The third kappa shape index (κ3) is 2.43. The number of sulfone groups is 1. The fraction of sp³-hybridized carbons (Fsp3) is 0.250. The van der Waals surface area contributed by atoms with Crippen LogP contribution in [0, 0.1) is 0 Å². The van der Waals surface area contributed by atoms with Gasteiger partial charge in [-0.25, -0.2) is 8.42 Å². The topological polar surface area (TPSA) is 34.1 Å². The van der Waals surface area contributed by atoms with Crippen molar-refractivity contribution < 1.29 is 8.42 Å². The van der Waals surface area contributed by atoms with Crippen molar-refractivity contribution in [1.82, 2.24) is 0 Å². The van der Waals surface area contributed by atoms with Crippen LogP contribution < -0.4 is 0 Å². The Morgan fingerprint density at radius 1 is 0.947 bits per heavy atom. The van der Waals surface area contributed by atoms with Gasteiger partial charge in [0, 0.05) is 0 Å². The van der Waals surface area contributed by atoms with Gasteiger partial charge in [-0.3, -0.25) is 0 Å². The second-order valence-corrected chi connectivity index (χ2v) is 7.06. The zero-order chi connectivity index (χ0) is 13.3. The molecule has 2 aromatic rings. The molecule has 2 nitrogen and oxygen atoms in total. The Kier molecular flexibility index (Phi) is 3.15. The standard InChI is InChI=1S/C16H16O2S/c17-19(18,15-7-2-1-3-8-15)12-14-11-10-13-6-4-5-9-16(13)14/h1-9,14H,10-12H2. The Hall–Kier alpha value is -1.61. The lowest BCUT2D eigenvalue weighted by Gasteiger charge is -2.12. The van der Waals surface area contributed by atoms with Crippen molar-refractivity contribution in [3.8, 4) is 0 Å². The van der Waals surface area contributed by atoms with E-state index in [1.165, 1.54) is 11.1 Å². The van der Waals surface area contributed by atoms with Gasteiger partial charge in [0.05, 0.1) is 10.6 Å². The summed E-state index contributed by atoms with van der Waals surface area (Å²) >= 11 is 0. The highest BCUT2D eigenvalue weighted by atomic mass is 32.2. The molecule has 2 aromatic carbocycles. The smallest absolute Gasteiger partial charge is 0.178 e. The number of rotatable bonds is 3. The second-order valence-electron chi connectivity index (χ2n) is 5.03. The minimum Gasteiger partial charge on any atom is -0.224 e. The molecule has 0 amide bonds. The molecule has 1 atom stereocenters. The molecule has 0 radical (unpaired) electrons. The molecule has 1 aliphatic carbocycles. The summed E-state index contributed by atoms with van der Waals surface area (Å²) < 4.78 is 24.8. The zero-order valence-corrected chi connectivity index (χ0v) is 11.4. The maximum atomic E-state index is 12.4. The first kappa shape index (κ1) is 12.4. The highest BCUT2D eigenvalue weighted by Crippen LogP contribution is 2.34. The van der Waals surface area contributed by atoms with Gasteiger partial charge in [0.1, 0.15) is 0 Å². The molecule has 0 saturated heterocycles. The van der Waals surface area contributed by atoms with Crippen LogP contribution in [0.5, 0.6) is 0 Å². The largest absolute Gasteiger partial charge is 0.224 e. The Morgan fingerprint density at radius 2 is 1.63 bits per heavy atom. The van der Waals surface area contributed by atoms with Crippen LogP contribution in [0.15, 0.2) is 59.5 Å². The quantitative estimate of drug-likeness (QED) is 0.860. The first-order chi connectivity index (χ1) is 9.17. The first-order valence-corrected chi connectivity index (χ1v) is 8.18. The molecule has 1 aliphatic rings. The van der Waals surface area contributed by atoms with Crippen molar-refractivity contribution in [2.75, 3.05) is 5.75 Å². The van der Waals surface area contributed by atoms with Crippen LogP contribution in [0.3, 0.4) is 0 Å². The van der Waals surface area contributed by atoms with E-state index in [0.717, 1.165) is 12.8 Å². The summed E-state index contributed by atoms with van der Waals surface area (Å²) in [6.45, 7) is 0. The Bertz CT molecular complexity index is 675. The molecule has 3 rings (SSSR count). The fourth-order valence-corrected chi connectivity index (χ4v) is 4.45. The molecule has 0 N–H and O–H groups in total. The molecule has 0 saturated carbocycles. The van der Waals surface area contributed by atoms with Gasteiger partial charge in [0.2, 0.25) is 0 Å². The van der Waals surface area contributed by atoms with E-state index < -0.39 is 9.84 Å². The highest BCUT2D eigenvalue weighted by Gasteiger charge is 2.27. The van der Waals surface area contributed by atoms with Crippen LogP contribution in [0.4, 0.5) is 0 Å². The molecular weight excluding hydrogens is 256 g/mol. The maximum Gasteiger partial charge on any atom is 0.178 e. The number of aryl methyl sites for hydroxylation is 1. The van der Waals surface area contributed by atoms with Crippen LogP contribution in [0.1, 0.15) is 23.5 Å². The van der Waals surface area contributed by atoms with Crippen LogP contribution in [-0.4, -0.2) is 14.2 Å². The van der Waals surface area contributed by atoms with Gasteiger partial charge in [-0.05, 0) is 42.0 Å². The third-order valence-electron chi connectivity index (χ3n) is 3.78. The van der Waals surface area contributed by atoms with E-state index in [9.17, 15) is 8.42 Å². The molecule has 98 valence electrons. The summed E-state index contributed by atoms with van der Waals surface area (Å²) in [6.07, 6.45) is 1.93. The summed E-state index contributed by atoms with van der Waals surface area (Å²) in [6, 6.07) is 16.9. The van der Waals surface area contributed by atoms with Crippen molar-refractivity contribution in [2.45, 2.75) is 23.7 Å². The van der Waals surface area contributed by atoms with E-state index in [1.807, 2.05) is 18.2 Å². The Labute approximate surface area is 114 Å². The second kappa shape index (κ2) is 4.82. The zero-order valence-electron chi connectivity index (χ0n) is 10.6. The molecule has 0 heterocycles. The Balaban J connectivity index is 1.88. The normalized spacial score (nSPS) is 18.2. The van der Waals surface area contributed by atoms with Gasteiger partial charge in [-0.1, -0.05) is 42.5 Å². The molecule has 0 bridgehead atoms. The average molecular weight is 272 g/mol. The third-order valence-corrected chi connectivity index (χ3v) is 5.61. The van der Waals surface area contributed by atoms with Gasteiger partial charge in [-0.2, -0.15) is 0 Å².